The first kappa shape index (κ1) is 14.9. The summed E-state index contributed by atoms with van der Waals surface area (Å²) >= 11 is 0. The van der Waals surface area contributed by atoms with E-state index < -0.39 is 0 Å². The number of pyridine rings is 1. The van der Waals surface area contributed by atoms with Crippen molar-refractivity contribution in [2.45, 2.75) is 32.4 Å². The smallest absolute Gasteiger partial charge is 0.0829 e. The molecule has 2 aliphatic rings. The summed E-state index contributed by atoms with van der Waals surface area (Å²) in [7, 11) is 2.18. The second-order valence-corrected chi connectivity index (χ2v) is 6.72. The van der Waals surface area contributed by atoms with Gasteiger partial charge in [-0.25, -0.2) is 0 Å². The Balaban J connectivity index is 1.58. The summed E-state index contributed by atoms with van der Waals surface area (Å²) in [5.41, 5.74) is 2.40. The number of ether oxygens (including phenoxy) is 1. The van der Waals surface area contributed by atoms with Gasteiger partial charge in [0.15, 0.2) is 0 Å². The minimum atomic E-state index is 0.341. The molecule has 0 N–H and O–H groups in total. The van der Waals surface area contributed by atoms with Crippen molar-refractivity contribution in [3.63, 3.8) is 0 Å². The molecule has 0 spiro atoms. The molecular weight excluding hydrogens is 262 g/mol. The lowest BCUT2D eigenvalue weighted by atomic mass is 10.2. The SMILES string of the molecule is Cc1ccc(CN(CC2CC2)CC2CN(C)CCO2)nc1. The Labute approximate surface area is 128 Å². The first-order chi connectivity index (χ1) is 10.2. The highest BCUT2D eigenvalue weighted by molar-refractivity contribution is 5.12. The maximum absolute atomic E-state index is 5.93. The summed E-state index contributed by atoms with van der Waals surface area (Å²) in [6, 6.07) is 4.31. The van der Waals surface area contributed by atoms with Gasteiger partial charge in [-0.3, -0.25) is 9.88 Å². The zero-order valence-electron chi connectivity index (χ0n) is 13.3. The van der Waals surface area contributed by atoms with Crippen LogP contribution in [0.2, 0.25) is 0 Å². The zero-order chi connectivity index (χ0) is 14.7. The monoisotopic (exact) mass is 289 g/mol. The number of morpholine rings is 1. The molecule has 2 heterocycles. The molecule has 3 rings (SSSR count). The standard InChI is InChI=1S/C17H27N3O/c1-14-3-6-16(18-9-14)11-20(10-15-4-5-15)13-17-12-19(2)7-8-21-17/h3,6,9,15,17H,4-5,7-8,10-13H2,1-2H3. The molecule has 116 valence electrons. The average molecular weight is 289 g/mol. The number of aromatic nitrogens is 1. The second-order valence-electron chi connectivity index (χ2n) is 6.72. The highest BCUT2D eigenvalue weighted by atomic mass is 16.5. The largest absolute Gasteiger partial charge is 0.374 e. The number of hydrogen-bond acceptors (Lipinski definition) is 4. The van der Waals surface area contributed by atoms with E-state index in [0.29, 0.717) is 6.10 Å². The highest BCUT2D eigenvalue weighted by Gasteiger charge is 2.27. The van der Waals surface area contributed by atoms with Gasteiger partial charge in [-0.15, -0.1) is 0 Å². The van der Waals surface area contributed by atoms with E-state index in [1.54, 1.807) is 0 Å². The number of aryl methyl sites for hydroxylation is 1. The molecule has 0 amide bonds. The molecule has 1 atom stereocenters. The van der Waals surface area contributed by atoms with Crippen LogP contribution in [0.4, 0.5) is 0 Å². The van der Waals surface area contributed by atoms with Crippen LogP contribution in [-0.2, 0) is 11.3 Å². The van der Waals surface area contributed by atoms with E-state index in [0.717, 1.165) is 38.7 Å². The van der Waals surface area contributed by atoms with E-state index in [1.807, 2.05) is 6.20 Å². The molecule has 0 bridgehead atoms. The van der Waals surface area contributed by atoms with Gasteiger partial charge in [-0.05, 0) is 44.4 Å². The fraction of sp³-hybridized carbons (Fsp3) is 0.706. The third-order valence-electron chi connectivity index (χ3n) is 4.38. The highest BCUT2D eigenvalue weighted by Crippen LogP contribution is 2.30. The average Bonchev–Trinajstić information content (AvgIpc) is 3.25. The van der Waals surface area contributed by atoms with E-state index in [2.05, 4.69) is 40.9 Å². The molecule has 1 aliphatic carbocycles. The summed E-state index contributed by atoms with van der Waals surface area (Å²) in [4.78, 5) is 9.47. The Morgan fingerprint density at radius 2 is 2.19 bits per heavy atom. The van der Waals surface area contributed by atoms with E-state index in [1.165, 1.54) is 30.6 Å². The Morgan fingerprint density at radius 1 is 1.33 bits per heavy atom. The summed E-state index contributed by atoms with van der Waals surface area (Å²) in [5.74, 6) is 0.900. The van der Waals surface area contributed by atoms with Crippen LogP contribution in [0.25, 0.3) is 0 Å². The summed E-state index contributed by atoms with van der Waals surface area (Å²) < 4.78 is 5.93. The molecule has 1 aromatic heterocycles. The molecular formula is C17H27N3O. The molecule has 1 saturated heterocycles. The van der Waals surface area contributed by atoms with Gasteiger partial charge < -0.3 is 9.64 Å². The first-order valence-electron chi connectivity index (χ1n) is 8.13. The van der Waals surface area contributed by atoms with Gasteiger partial charge in [0.25, 0.3) is 0 Å². The van der Waals surface area contributed by atoms with Crippen molar-refractivity contribution < 1.29 is 4.74 Å². The third kappa shape index (κ3) is 4.77. The van der Waals surface area contributed by atoms with Crippen LogP contribution >= 0.6 is 0 Å². The van der Waals surface area contributed by atoms with Gasteiger partial charge in [0.2, 0.25) is 0 Å². The van der Waals surface area contributed by atoms with Crippen LogP contribution < -0.4 is 0 Å². The van der Waals surface area contributed by atoms with Crippen LogP contribution in [0.15, 0.2) is 18.3 Å². The lowest BCUT2D eigenvalue weighted by molar-refractivity contribution is -0.0374. The lowest BCUT2D eigenvalue weighted by Crippen LogP contribution is -2.46. The van der Waals surface area contributed by atoms with Crippen molar-refractivity contribution in [2.75, 3.05) is 39.8 Å². The maximum atomic E-state index is 5.93. The summed E-state index contributed by atoms with van der Waals surface area (Å²) in [5, 5.41) is 0. The number of rotatable bonds is 6. The zero-order valence-corrected chi connectivity index (χ0v) is 13.3. The summed E-state index contributed by atoms with van der Waals surface area (Å²) in [6.07, 6.45) is 5.09. The van der Waals surface area contributed by atoms with E-state index in [9.17, 15) is 0 Å². The maximum Gasteiger partial charge on any atom is 0.0829 e. The number of hydrogen-bond donors (Lipinski definition) is 0. The Kier molecular flexibility index (Phi) is 4.88. The Hall–Kier alpha value is -0.970. The molecule has 1 aliphatic heterocycles. The fourth-order valence-electron chi connectivity index (χ4n) is 2.96. The van der Waals surface area contributed by atoms with Gasteiger partial charge in [0.1, 0.15) is 0 Å². The van der Waals surface area contributed by atoms with Crippen molar-refractivity contribution in [1.29, 1.82) is 0 Å². The van der Waals surface area contributed by atoms with Gasteiger partial charge >= 0.3 is 0 Å². The number of likely N-dealkylation sites (N-methyl/N-ethyl adjacent to an activating group) is 1. The van der Waals surface area contributed by atoms with Gasteiger partial charge in [-0.1, -0.05) is 6.07 Å². The van der Waals surface area contributed by atoms with Gasteiger partial charge in [0, 0.05) is 38.9 Å². The van der Waals surface area contributed by atoms with Crippen molar-refractivity contribution in [1.82, 2.24) is 14.8 Å². The predicted molar refractivity (Wildman–Crippen MR) is 84.2 cm³/mol. The van der Waals surface area contributed by atoms with Crippen molar-refractivity contribution in [3.8, 4) is 0 Å². The summed E-state index contributed by atoms with van der Waals surface area (Å²) in [6.45, 7) is 8.21. The van der Waals surface area contributed by atoms with Gasteiger partial charge in [-0.2, -0.15) is 0 Å². The minimum Gasteiger partial charge on any atom is -0.374 e. The Morgan fingerprint density at radius 3 is 2.86 bits per heavy atom. The molecule has 2 fully saturated rings. The Bertz CT molecular complexity index is 444. The van der Waals surface area contributed by atoms with Crippen molar-refractivity contribution in [3.05, 3.63) is 29.6 Å². The van der Waals surface area contributed by atoms with E-state index in [-0.39, 0.29) is 0 Å². The van der Waals surface area contributed by atoms with Crippen molar-refractivity contribution in [2.24, 2.45) is 5.92 Å². The van der Waals surface area contributed by atoms with Crippen LogP contribution in [0.1, 0.15) is 24.1 Å². The van der Waals surface area contributed by atoms with Crippen LogP contribution in [-0.4, -0.2) is 60.7 Å². The van der Waals surface area contributed by atoms with Crippen LogP contribution in [0.3, 0.4) is 0 Å². The van der Waals surface area contributed by atoms with E-state index >= 15 is 0 Å². The molecule has 1 saturated carbocycles. The molecule has 4 heteroatoms. The molecule has 4 nitrogen and oxygen atoms in total. The predicted octanol–water partition coefficient (Wildman–Crippen LogP) is 1.93. The van der Waals surface area contributed by atoms with Gasteiger partial charge in [0.05, 0.1) is 18.4 Å². The van der Waals surface area contributed by atoms with Crippen LogP contribution in [0, 0.1) is 12.8 Å². The molecule has 1 aromatic rings. The molecule has 1 unspecified atom stereocenters. The fourth-order valence-corrected chi connectivity index (χ4v) is 2.96. The minimum absolute atomic E-state index is 0.341. The third-order valence-corrected chi connectivity index (χ3v) is 4.38. The van der Waals surface area contributed by atoms with Crippen LogP contribution in [0.5, 0.6) is 0 Å². The van der Waals surface area contributed by atoms with Crippen molar-refractivity contribution >= 4 is 0 Å². The number of nitrogens with zero attached hydrogens (tertiary/aromatic N) is 3. The topological polar surface area (TPSA) is 28.6 Å². The normalized spacial score (nSPS) is 23.7. The first-order valence-corrected chi connectivity index (χ1v) is 8.13. The molecule has 0 radical (unpaired) electrons. The quantitative estimate of drug-likeness (QED) is 0.800. The second kappa shape index (κ2) is 6.86. The molecule has 21 heavy (non-hydrogen) atoms. The molecule has 0 aromatic carbocycles. The lowest BCUT2D eigenvalue weighted by Gasteiger charge is -2.34. The van der Waals surface area contributed by atoms with E-state index in [4.69, 9.17) is 4.74 Å².